The maximum atomic E-state index is 11.8. The SMILES string of the molecule is CC(NS(=O)(=O)c1cccs1)C(=O)NCCN. The van der Waals surface area contributed by atoms with E-state index in [0.717, 1.165) is 11.3 Å². The Balaban J connectivity index is 2.62. The van der Waals surface area contributed by atoms with E-state index in [2.05, 4.69) is 10.0 Å². The van der Waals surface area contributed by atoms with E-state index in [1.54, 1.807) is 11.4 Å². The van der Waals surface area contributed by atoms with Crippen LogP contribution in [0.5, 0.6) is 0 Å². The van der Waals surface area contributed by atoms with Crippen LogP contribution in [-0.2, 0) is 14.8 Å². The van der Waals surface area contributed by atoms with E-state index in [9.17, 15) is 13.2 Å². The van der Waals surface area contributed by atoms with Gasteiger partial charge in [-0.3, -0.25) is 4.79 Å². The lowest BCUT2D eigenvalue weighted by atomic mass is 10.3. The highest BCUT2D eigenvalue weighted by Gasteiger charge is 2.22. The molecule has 1 aromatic rings. The van der Waals surface area contributed by atoms with E-state index < -0.39 is 22.0 Å². The number of sulfonamides is 1. The van der Waals surface area contributed by atoms with Gasteiger partial charge in [0.2, 0.25) is 5.91 Å². The van der Waals surface area contributed by atoms with Crippen LogP contribution >= 0.6 is 11.3 Å². The second-order valence-corrected chi connectivity index (χ2v) is 6.24. The predicted octanol–water partition coefficient (Wildman–Crippen LogP) is -0.510. The Labute approximate surface area is 104 Å². The second kappa shape index (κ2) is 6.10. The Hall–Kier alpha value is -0.960. The third kappa shape index (κ3) is 4.08. The fraction of sp³-hybridized carbons (Fsp3) is 0.444. The fourth-order valence-corrected chi connectivity index (χ4v) is 3.32. The number of hydrogen-bond donors (Lipinski definition) is 3. The summed E-state index contributed by atoms with van der Waals surface area (Å²) in [6.45, 7) is 2.12. The monoisotopic (exact) mass is 277 g/mol. The molecule has 1 rings (SSSR count). The average Bonchev–Trinajstić information content (AvgIpc) is 2.79. The summed E-state index contributed by atoms with van der Waals surface area (Å²) in [5, 5.41) is 4.17. The number of rotatable bonds is 6. The Morgan fingerprint density at radius 2 is 2.29 bits per heavy atom. The van der Waals surface area contributed by atoms with Crippen molar-refractivity contribution in [3.8, 4) is 0 Å². The molecule has 0 aromatic carbocycles. The van der Waals surface area contributed by atoms with Crippen molar-refractivity contribution in [2.75, 3.05) is 13.1 Å². The van der Waals surface area contributed by atoms with Crippen molar-refractivity contribution in [2.45, 2.75) is 17.2 Å². The first-order valence-electron chi connectivity index (χ1n) is 5.01. The van der Waals surface area contributed by atoms with Gasteiger partial charge in [0.15, 0.2) is 0 Å². The molecule has 1 unspecified atom stereocenters. The van der Waals surface area contributed by atoms with Gasteiger partial charge in [-0.1, -0.05) is 6.07 Å². The van der Waals surface area contributed by atoms with Gasteiger partial charge in [-0.25, -0.2) is 8.42 Å². The van der Waals surface area contributed by atoms with Gasteiger partial charge in [-0.15, -0.1) is 11.3 Å². The molecular formula is C9H15N3O3S2. The molecule has 0 radical (unpaired) electrons. The Morgan fingerprint density at radius 1 is 1.59 bits per heavy atom. The number of thiophene rings is 1. The van der Waals surface area contributed by atoms with Gasteiger partial charge in [-0.05, 0) is 18.4 Å². The zero-order chi connectivity index (χ0) is 12.9. The summed E-state index contributed by atoms with van der Waals surface area (Å²) in [5.41, 5.74) is 5.23. The molecule has 0 saturated heterocycles. The van der Waals surface area contributed by atoms with E-state index in [1.165, 1.54) is 13.0 Å². The third-order valence-electron chi connectivity index (χ3n) is 1.93. The smallest absolute Gasteiger partial charge is 0.250 e. The lowest BCUT2D eigenvalue weighted by molar-refractivity contribution is -0.122. The lowest BCUT2D eigenvalue weighted by Gasteiger charge is -2.13. The minimum absolute atomic E-state index is 0.191. The molecule has 0 saturated carbocycles. The summed E-state index contributed by atoms with van der Waals surface area (Å²) < 4.78 is 26.0. The summed E-state index contributed by atoms with van der Waals surface area (Å²) in [4.78, 5) is 11.5. The van der Waals surface area contributed by atoms with Crippen molar-refractivity contribution in [2.24, 2.45) is 5.73 Å². The van der Waals surface area contributed by atoms with Gasteiger partial charge in [0, 0.05) is 13.1 Å². The van der Waals surface area contributed by atoms with Crippen LogP contribution in [0.25, 0.3) is 0 Å². The van der Waals surface area contributed by atoms with Crippen LogP contribution in [0.2, 0.25) is 0 Å². The van der Waals surface area contributed by atoms with Gasteiger partial charge >= 0.3 is 0 Å². The summed E-state index contributed by atoms with van der Waals surface area (Å²) in [6.07, 6.45) is 0. The Morgan fingerprint density at radius 3 is 2.82 bits per heavy atom. The normalized spacial score (nSPS) is 13.3. The number of carbonyl (C=O) groups is 1. The molecule has 1 heterocycles. The van der Waals surface area contributed by atoms with E-state index in [4.69, 9.17) is 5.73 Å². The molecule has 1 amide bonds. The minimum atomic E-state index is -3.61. The summed E-state index contributed by atoms with van der Waals surface area (Å²) in [5.74, 6) is -0.393. The van der Waals surface area contributed by atoms with Crippen LogP contribution in [-0.4, -0.2) is 33.5 Å². The molecule has 6 nitrogen and oxygen atoms in total. The molecule has 0 fully saturated rings. The Kier molecular flexibility index (Phi) is 5.06. The highest BCUT2D eigenvalue weighted by molar-refractivity contribution is 7.91. The summed E-state index contributed by atoms with van der Waals surface area (Å²) in [6, 6.07) is 2.30. The van der Waals surface area contributed by atoms with E-state index in [-0.39, 0.29) is 4.21 Å². The first-order chi connectivity index (χ1) is 7.97. The molecule has 8 heteroatoms. The van der Waals surface area contributed by atoms with Gasteiger partial charge in [0.1, 0.15) is 4.21 Å². The van der Waals surface area contributed by atoms with Crippen molar-refractivity contribution in [1.29, 1.82) is 0 Å². The molecule has 0 aliphatic carbocycles. The van der Waals surface area contributed by atoms with Gasteiger partial charge < -0.3 is 11.1 Å². The van der Waals surface area contributed by atoms with Crippen LogP contribution in [0.15, 0.2) is 21.7 Å². The molecule has 0 spiro atoms. The molecule has 1 aromatic heterocycles. The average molecular weight is 277 g/mol. The van der Waals surface area contributed by atoms with Crippen LogP contribution in [0.3, 0.4) is 0 Å². The lowest BCUT2D eigenvalue weighted by Crippen LogP contribution is -2.45. The molecule has 0 bridgehead atoms. The highest BCUT2D eigenvalue weighted by atomic mass is 32.2. The highest BCUT2D eigenvalue weighted by Crippen LogP contribution is 2.15. The first-order valence-corrected chi connectivity index (χ1v) is 7.37. The maximum Gasteiger partial charge on any atom is 0.250 e. The van der Waals surface area contributed by atoms with Crippen molar-refractivity contribution in [1.82, 2.24) is 10.0 Å². The predicted molar refractivity (Wildman–Crippen MR) is 66.2 cm³/mol. The zero-order valence-electron chi connectivity index (χ0n) is 9.34. The van der Waals surface area contributed by atoms with E-state index in [1.807, 2.05) is 0 Å². The molecule has 0 aliphatic rings. The molecule has 1 atom stereocenters. The largest absolute Gasteiger partial charge is 0.353 e. The van der Waals surface area contributed by atoms with Crippen molar-refractivity contribution < 1.29 is 13.2 Å². The summed E-state index contributed by atoms with van der Waals surface area (Å²) >= 11 is 1.10. The van der Waals surface area contributed by atoms with E-state index in [0.29, 0.717) is 13.1 Å². The van der Waals surface area contributed by atoms with E-state index >= 15 is 0 Å². The van der Waals surface area contributed by atoms with Crippen molar-refractivity contribution >= 4 is 27.3 Å². The maximum absolute atomic E-state index is 11.8. The van der Waals surface area contributed by atoms with Gasteiger partial charge in [0.25, 0.3) is 10.0 Å². The number of carbonyl (C=O) groups excluding carboxylic acids is 1. The molecule has 17 heavy (non-hydrogen) atoms. The number of nitrogens with one attached hydrogen (secondary N) is 2. The number of amides is 1. The fourth-order valence-electron chi connectivity index (χ4n) is 1.11. The summed E-state index contributed by atoms with van der Waals surface area (Å²) in [7, 11) is -3.61. The van der Waals surface area contributed by atoms with Gasteiger partial charge in [-0.2, -0.15) is 4.72 Å². The first kappa shape index (κ1) is 14.1. The Bertz CT molecular complexity index is 456. The topological polar surface area (TPSA) is 101 Å². The zero-order valence-corrected chi connectivity index (χ0v) is 11.0. The molecular weight excluding hydrogens is 262 g/mol. The van der Waals surface area contributed by atoms with Crippen LogP contribution in [0.1, 0.15) is 6.92 Å². The molecule has 0 aliphatic heterocycles. The number of hydrogen-bond acceptors (Lipinski definition) is 5. The standard InChI is InChI=1S/C9H15N3O3S2/c1-7(9(13)11-5-4-10)12-17(14,15)8-3-2-6-16-8/h2-3,6-7,12H,4-5,10H2,1H3,(H,11,13). The third-order valence-corrected chi connectivity index (χ3v) is 4.87. The number of nitrogens with two attached hydrogens (primary N) is 1. The quantitative estimate of drug-likeness (QED) is 0.652. The van der Waals surface area contributed by atoms with Crippen LogP contribution in [0, 0.1) is 0 Å². The molecule has 4 N–H and O–H groups in total. The van der Waals surface area contributed by atoms with Crippen LogP contribution < -0.4 is 15.8 Å². The van der Waals surface area contributed by atoms with Crippen molar-refractivity contribution in [3.63, 3.8) is 0 Å². The van der Waals surface area contributed by atoms with Gasteiger partial charge in [0.05, 0.1) is 6.04 Å². The van der Waals surface area contributed by atoms with Crippen LogP contribution in [0.4, 0.5) is 0 Å². The second-order valence-electron chi connectivity index (χ2n) is 3.35. The molecule has 96 valence electrons. The minimum Gasteiger partial charge on any atom is -0.353 e. The van der Waals surface area contributed by atoms with Crippen molar-refractivity contribution in [3.05, 3.63) is 17.5 Å².